The summed E-state index contributed by atoms with van der Waals surface area (Å²) in [5.74, 6) is 0.743. The normalized spacial score (nSPS) is 13.1. The summed E-state index contributed by atoms with van der Waals surface area (Å²) in [6.07, 6.45) is 1.55. The summed E-state index contributed by atoms with van der Waals surface area (Å²) in [4.78, 5) is 23.1. The van der Waals surface area contributed by atoms with Crippen molar-refractivity contribution in [2.45, 2.75) is 6.54 Å². The van der Waals surface area contributed by atoms with Crippen molar-refractivity contribution in [3.8, 4) is 5.75 Å². The van der Waals surface area contributed by atoms with Crippen LogP contribution in [0.3, 0.4) is 0 Å². The maximum Gasteiger partial charge on any atom is 0.262 e. The van der Waals surface area contributed by atoms with Gasteiger partial charge in [0.25, 0.3) is 11.8 Å². The van der Waals surface area contributed by atoms with Gasteiger partial charge < -0.3 is 19.8 Å². The first-order valence-electron chi connectivity index (χ1n) is 6.09. The number of nitrogens with one attached hydrogen (secondary N) is 2. The van der Waals surface area contributed by atoms with E-state index in [9.17, 15) is 9.59 Å². The molecule has 0 saturated carbocycles. The van der Waals surface area contributed by atoms with Crippen molar-refractivity contribution in [3.05, 3.63) is 47.9 Å². The number of carbonyl (C=O) groups excluding carboxylic acids is 2. The highest BCUT2D eigenvalue weighted by molar-refractivity contribution is 5.98. The molecule has 0 fully saturated rings. The second-order valence-electron chi connectivity index (χ2n) is 4.31. The predicted octanol–water partition coefficient (Wildman–Crippen LogP) is 1.54. The number of amides is 2. The Balaban J connectivity index is 1.70. The second kappa shape index (κ2) is 5.08. The molecule has 1 aliphatic heterocycles. The zero-order valence-electron chi connectivity index (χ0n) is 10.5. The molecule has 2 N–H and O–H groups in total. The minimum absolute atomic E-state index is 0.0372. The van der Waals surface area contributed by atoms with Gasteiger partial charge in [0, 0.05) is 5.56 Å². The Bertz CT molecular complexity index is 649. The van der Waals surface area contributed by atoms with Gasteiger partial charge in [0.2, 0.25) is 0 Å². The first-order valence-corrected chi connectivity index (χ1v) is 6.09. The third kappa shape index (κ3) is 2.49. The fourth-order valence-electron chi connectivity index (χ4n) is 1.90. The highest BCUT2D eigenvalue weighted by atomic mass is 16.5. The average Bonchev–Trinajstić information content (AvgIpc) is 2.97. The van der Waals surface area contributed by atoms with Crippen molar-refractivity contribution < 1.29 is 18.7 Å². The molecule has 0 bridgehead atoms. The van der Waals surface area contributed by atoms with E-state index in [4.69, 9.17) is 9.15 Å². The molecule has 6 nitrogen and oxygen atoms in total. The lowest BCUT2D eigenvalue weighted by Gasteiger charge is -2.18. The molecule has 1 aromatic carbocycles. The number of anilines is 1. The molecule has 6 heteroatoms. The van der Waals surface area contributed by atoms with E-state index in [0.29, 0.717) is 29.3 Å². The van der Waals surface area contributed by atoms with Crippen LogP contribution in [0.2, 0.25) is 0 Å². The van der Waals surface area contributed by atoms with Crippen LogP contribution in [-0.2, 0) is 11.3 Å². The van der Waals surface area contributed by atoms with Crippen LogP contribution >= 0.6 is 0 Å². The van der Waals surface area contributed by atoms with Crippen LogP contribution in [-0.4, -0.2) is 18.4 Å². The highest BCUT2D eigenvalue weighted by Gasteiger charge is 2.17. The van der Waals surface area contributed by atoms with Gasteiger partial charge in [-0.1, -0.05) is 0 Å². The molecule has 0 atom stereocenters. The van der Waals surface area contributed by atoms with Gasteiger partial charge in [0.05, 0.1) is 18.5 Å². The van der Waals surface area contributed by atoms with Gasteiger partial charge in [-0.2, -0.15) is 0 Å². The average molecular weight is 272 g/mol. The standard InChI is InChI=1S/C14H12N2O4/c17-13-8-20-12-6-9(3-4-11(12)16-13)14(18)15-7-10-2-1-5-19-10/h1-6H,7-8H2,(H,15,18)(H,16,17). The SMILES string of the molecule is O=C1COc2cc(C(=O)NCc3ccco3)ccc2N1. The van der Waals surface area contributed by atoms with Crippen molar-refractivity contribution in [1.29, 1.82) is 0 Å². The predicted molar refractivity (Wildman–Crippen MR) is 70.4 cm³/mol. The molecular weight excluding hydrogens is 260 g/mol. The minimum atomic E-state index is -0.232. The number of hydrogen-bond donors (Lipinski definition) is 2. The van der Waals surface area contributed by atoms with E-state index in [-0.39, 0.29) is 18.4 Å². The highest BCUT2D eigenvalue weighted by Crippen LogP contribution is 2.28. The number of carbonyl (C=O) groups is 2. The van der Waals surface area contributed by atoms with Crippen molar-refractivity contribution in [2.24, 2.45) is 0 Å². The van der Waals surface area contributed by atoms with Crippen LogP contribution in [0.4, 0.5) is 5.69 Å². The van der Waals surface area contributed by atoms with E-state index in [1.807, 2.05) is 0 Å². The number of benzene rings is 1. The lowest BCUT2D eigenvalue weighted by Crippen LogP contribution is -2.26. The summed E-state index contributed by atoms with van der Waals surface area (Å²) in [7, 11) is 0. The Morgan fingerprint density at radius 3 is 3.05 bits per heavy atom. The molecule has 2 aromatic rings. The maximum absolute atomic E-state index is 12.0. The van der Waals surface area contributed by atoms with Gasteiger partial charge in [-0.05, 0) is 30.3 Å². The van der Waals surface area contributed by atoms with Crippen molar-refractivity contribution in [2.75, 3.05) is 11.9 Å². The van der Waals surface area contributed by atoms with Crippen molar-refractivity contribution in [1.82, 2.24) is 5.32 Å². The Labute approximate surface area is 114 Å². The fraction of sp³-hybridized carbons (Fsp3) is 0.143. The van der Waals surface area contributed by atoms with Crippen molar-refractivity contribution >= 4 is 17.5 Å². The van der Waals surface area contributed by atoms with E-state index in [0.717, 1.165) is 0 Å². The zero-order valence-corrected chi connectivity index (χ0v) is 10.5. The Hall–Kier alpha value is -2.76. The quantitative estimate of drug-likeness (QED) is 0.888. The summed E-state index contributed by atoms with van der Waals surface area (Å²) in [6.45, 7) is 0.283. The van der Waals surface area contributed by atoms with Crippen LogP contribution in [0.1, 0.15) is 16.1 Å². The minimum Gasteiger partial charge on any atom is -0.482 e. The fourth-order valence-corrected chi connectivity index (χ4v) is 1.90. The van der Waals surface area contributed by atoms with Gasteiger partial charge in [-0.25, -0.2) is 0 Å². The Morgan fingerprint density at radius 2 is 2.25 bits per heavy atom. The van der Waals surface area contributed by atoms with Gasteiger partial charge >= 0.3 is 0 Å². The Morgan fingerprint density at radius 1 is 1.35 bits per heavy atom. The van der Waals surface area contributed by atoms with Crippen LogP contribution in [0.25, 0.3) is 0 Å². The molecule has 0 spiro atoms. The largest absolute Gasteiger partial charge is 0.482 e. The molecule has 1 aliphatic rings. The number of rotatable bonds is 3. The lowest BCUT2D eigenvalue weighted by atomic mass is 10.1. The molecule has 0 unspecified atom stereocenters. The topological polar surface area (TPSA) is 80.6 Å². The molecule has 0 radical (unpaired) electrons. The van der Waals surface area contributed by atoms with Crippen LogP contribution in [0.15, 0.2) is 41.0 Å². The first-order chi connectivity index (χ1) is 9.72. The summed E-state index contributed by atoms with van der Waals surface area (Å²) in [5, 5.41) is 5.41. The molecule has 1 aromatic heterocycles. The van der Waals surface area contributed by atoms with Crippen LogP contribution in [0, 0.1) is 0 Å². The molecule has 0 saturated heterocycles. The number of furan rings is 1. The lowest BCUT2D eigenvalue weighted by molar-refractivity contribution is -0.118. The Kier molecular flexibility index (Phi) is 3.12. The molecule has 2 heterocycles. The third-order valence-electron chi connectivity index (χ3n) is 2.88. The smallest absolute Gasteiger partial charge is 0.262 e. The summed E-state index contributed by atoms with van der Waals surface area (Å²) in [6, 6.07) is 8.42. The van der Waals surface area contributed by atoms with E-state index in [1.165, 1.54) is 0 Å². The van der Waals surface area contributed by atoms with E-state index in [1.54, 1.807) is 36.6 Å². The maximum atomic E-state index is 12.0. The third-order valence-corrected chi connectivity index (χ3v) is 2.88. The number of hydrogen-bond acceptors (Lipinski definition) is 4. The molecule has 102 valence electrons. The summed E-state index contributed by atoms with van der Waals surface area (Å²) in [5.41, 5.74) is 1.04. The first kappa shape index (κ1) is 12.3. The van der Waals surface area contributed by atoms with E-state index in [2.05, 4.69) is 10.6 Å². The van der Waals surface area contributed by atoms with E-state index >= 15 is 0 Å². The molecule has 20 heavy (non-hydrogen) atoms. The van der Waals surface area contributed by atoms with E-state index < -0.39 is 0 Å². The molecule has 0 aliphatic carbocycles. The van der Waals surface area contributed by atoms with Crippen LogP contribution in [0.5, 0.6) is 5.75 Å². The van der Waals surface area contributed by atoms with Crippen molar-refractivity contribution in [3.63, 3.8) is 0 Å². The molecule has 3 rings (SSSR count). The molecular formula is C14H12N2O4. The number of fused-ring (bicyclic) bond motifs is 1. The molecule has 2 amide bonds. The zero-order chi connectivity index (χ0) is 13.9. The van der Waals surface area contributed by atoms with Gasteiger partial charge in [-0.15, -0.1) is 0 Å². The van der Waals surface area contributed by atoms with Gasteiger partial charge in [0.1, 0.15) is 11.5 Å². The second-order valence-corrected chi connectivity index (χ2v) is 4.31. The van der Waals surface area contributed by atoms with Crippen LogP contribution < -0.4 is 15.4 Å². The summed E-state index contributed by atoms with van der Waals surface area (Å²) >= 11 is 0. The van der Waals surface area contributed by atoms with Gasteiger partial charge in [-0.3, -0.25) is 9.59 Å². The summed E-state index contributed by atoms with van der Waals surface area (Å²) < 4.78 is 10.4. The monoisotopic (exact) mass is 272 g/mol. The number of ether oxygens (including phenoxy) is 1. The van der Waals surface area contributed by atoms with Gasteiger partial charge in [0.15, 0.2) is 6.61 Å².